The molecule has 1 N–H and O–H groups in total. The molecule has 1 unspecified atom stereocenters. The van der Waals surface area contributed by atoms with Crippen molar-refractivity contribution < 1.29 is 0 Å². The Morgan fingerprint density at radius 2 is 2.14 bits per heavy atom. The number of aryl methyl sites for hydroxylation is 1. The van der Waals surface area contributed by atoms with E-state index < -0.39 is 0 Å². The molecule has 0 bridgehead atoms. The van der Waals surface area contributed by atoms with Crippen LogP contribution in [0.2, 0.25) is 0 Å². The van der Waals surface area contributed by atoms with E-state index in [1.165, 1.54) is 11.1 Å². The lowest BCUT2D eigenvalue weighted by Gasteiger charge is -2.17. The molecule has 4 nitrogen and oxygen atoms in total. The van der Waals surface area contributed by atoms with Gasteiger partial charge in [-0.2, -0.15) is 5.10 Å². The molecule has 0 aromatic carbocycles. The molecule has 0 spiro atoms. The van der Waals surface area contributed by atoms with Crippen molar-refractivity contribution in [2.45, 2.75) is 50.1 Å². The lowest BCUT2D eigenvalue weighted by Crippen LogP contribution is -2.18. The summed E-state index contributed by atoms with van der Waals surface area (Å²) in [5.41, 5.74) is 2.46. The molecule has 0 saturated carbocycles. The lowest BCUT2D eigenvalue weighted by molar-refractivity contribution is 0.573. The zero-order valence-corrected chi connectivity index (χ0v) is 14.2. The first-order chi connectivity index (χ1) is 9.83. The molecule has 0 radical (unpaired) electrons. The maximum absolute atomic E-state index is 4.44. The van der Waals surface area contributed by atoms with E-state index in [2.05, 4.69) is 55.2 Å². The van der Waals surface area contributed by atoms with Crippen LogP contribution in [-0.4, -0.2) is 19.5 Å². The number of hydrogen-bond donors (Lipinski definition) is 1. The molecule has 0 aliphatic rings. The van der Waals surface area contributed by atoms with Gasteiger partial charge in [0.05, 0.1) is 11.2 Å². The molecule has 2 aromatic heterocycles. The van der Waals surface area contributed by atoms with Crippen LogP contribution in [0.15, 0.2) is 35.7 Å². The largest absolute Gasteiger partial charge is 0.306 e. The Morgan fingerprint density at radius 1 is 1.38 bits per heavy atom. The van der Waals surface area contributed by atoms with E-state index in [4.69, 9.17) is 0 Å². The topological polar surface area (TPSA) is 42.7 Å². The minimum absolute atomic E-state index is 0.183. The molecule has 0 fully saturated rings. The van der Waals surface area contributed by atoms with Crippen molar-refractivity contribution in [3.8, 4) is 0 Å². The monoisotopic (exact) mass is 304 g/mol. The third-order valence-corrected chi connectivity index (χ3v) is 4.09. The van der Waals surface area contributed by atoms with Crippen molar-refractivity contribution in [1.82, 2.24) is 20.1 Å². The van der Waals surface area contributed by atoms with Gasteiger partial charge >= 0.3 is 0 Å². The zero-order valence-electron chi connectivity index (χ0n) is 13.4. The highest BCUT2D eigenvalue weighted by Crippen LogP contribution is 2.30. The van der Waals surface area contributed by atoms with Crippen LogP contribution >= 0.6 is 11.8 Å². The number of aromatic nitrogens is 3. The summed E-state index contributed by atoms with van der Waals surface area (Å²) in [6.45, 7) is 9.59. The van der Waals surface area contributed by atoms with Gasteiger partial charge in [-0.05, 0) is 24.6 Å². The summed E-state index contributed by atoms with van der Waals surface area (Å²) < 4.78 is 2.01. The van der Waals surface area contributed by atoms with E-state index in [9.17, 15) is 0 Å². The van der Waals surface area contributed by atoms with Crippen LogP contribution in [0.3, 0.4) is 0 Å². The summed E-state index contributed by atoms with van der Waals surface area (Å²) in [7, 11) is 1.94. The van der Waals surface area contributed by atoms with Crippen molar-refractivity contribution >= 4 is 11.8 Å². The van der Waals surface area contributed by atoms with Gasteiger partial charge in [-0.1, -0.05) is 20.8 Å². The molecule has 2 aromatic rings. The maximum atomic E-state index is 4.44. The Labute approximate surface area is 131 Å². The third kappa shape index (κ3) is 5.17. The minimum Gasteiger partial charge on any atom is -0.306 e. The minimum atomic E-state index is 0.183. The number of thioether (sulfide) groups is 1. The Balaban J connectivity index is 1.95. The Bertz CT molecular complexity index is 586. The first-order valence-corrected chi connectivity index (χ1v) is 8.01. The molecule has 0 saturated heterocycles. The van der Waals surface area contributed by atoms with Gasteiger partial charge in [-0.15, -0.1) is 11.8 Å². The zero-order chi connectivity index (χ0) is 15.5. The first-order valence-electron chi connectivity index (χ1n) is 7.19. The average Bonchev–Trinajstić information content (AvgIpc) is 2.81. The molecule has 0 amide bonds. The fourth-order valence-corrected chi connectivity index (χ4v) is 2.93. The van der Waals surface area contributed by atoms with Crippen molar-refractivity contribution in [2.24, 2.45) is 7.05 Å². The number of pyridine rings is 1. The van der Waals surface area contributed by atoms with E-state index >= 15 is 0 Å². The van der Waals surface area contributed by atoms with E-state index in [0.29, 0.717) is 0 Å². The van der Waals surface area contributed by atoms with Gasteiger partial charge in [-0.25, -0.2) is 4.98 Å². The molecule has 0 aliphatic heterocycles. The Kier molecular flexibility index (Phi) is 5.06. The molecule has 21 heavy (non-hydrogen) atoms. The lowest BCUT2D eigenvalue weighted by atomic mass is 10.2. The van der Waals surface area contributed by atoms with Gasteiger partial charge in [-0.3, -0.25) is 4.68 Å². The third-order valence-electron chi connectivity index (χ3n) is 3.05. The quantitative estimate of drug-likeness (QED) is 0.858. The highest BCUT2D eigenvalue weighted by Gasteiger charge is 2.13. The number of hydrogen-bond acceptors (Lipinski definition) is 4. The fourth-order valence-electron chi connectivity index (χ4n) is 1.98. The smallest absolute Gasteiger partial charge is 0.0968 e. The highest BCUT2D eigenvalue weighted by atomic mass is 32.2. The van der Waals surface area contributed by atoms with Crippen LogP contribution in [0, 0.1) is 0 Å². The normalized spacial score (nSPS) is 13.4. The van der Waals surface area contributed by atoms with Gasteiger partial charge in [0.25, 0.3) is 0 Å². The summed E-state index contributed by atoms with van der Waals surface area (Å²) in [5, 5.41) is 8.82. The number of nitrogens with zero attached hydrogens (tertiary/aromatic N) is 3. The fraction of sp³-hybridized carbons (Fsp3) is 0.500. The van der Waals surface area contributed by atoms with Gasteiger partial charge in [0.15, 0.2) is 0 Å². The summed E-state index contributed by atoms with van der Waals surface area (Å²) >= 11 is 1.80. The number of nitrogens with one attached hydrogen (secondary N) is 1. The summed E-state index contributed by atoms with van der Waals surface area (Å²) in [4.78, 5) is 4.44. The van der Waals surface area contributed by atoms with Crippen molar-refractivity contribution in [2.75, 3.05) is 0 Å². The molecule has 5 heteroatoms. The van der Waals surface area contributed by atoms with Crippen LogP contribution in [-0.2, 0) is 13.6 Å². The molecule has 0 aliphatic carbocycles. The SMILES string of the molecule is CC(NCc1ccnc(SC(C)(C)C)c1)c1cnn(C)c1. The second-order valence-corrected chi connectivity index (χ2v) is 8.11. The van der Waals surface area contributed by atoms with E-state index in [1.807, 2.05) is 30.3 Å². The highest BCUT2D eigenvalue weighted by molar-refractivity contribution is 8.00. The van der Waals surface area contributed by atoms with Crippen LogP contribution in [0.1, 0.15) is 44.9 Å². The molecule has 1 atom stereocenters. The van der Waals surface area contributed by atoms with E-state index in [1.54, 1.807) is 11.8 Å². The average molecular weight is 304 g/mol. The maximum Gasteiger partial charge on any atom is 0.0968 e. The van der Waals surface area contributed by atoms with Gasteiger partial charge in [0.2, 0.25) is 0 Å². The van der Waals surface area contributed by atoms with Gasteiger partial charge in [0, 0.05) is 42.3 Å². The Hall–Kier alpha value is -1.33. The van der Waals surface area contributed by atoms with E-state index in [-0.39, 0.29) is 10.8 Å². The van der Waals surface area contributed by atoms with Crippen LogP contribution < -0.4 is 5.32 Å². The van der Waals surface area contributed by atoms with Crippen molar-refractivity contribution in [3.63, 3.8) is 0 Å². The standard InChI is InChI=1S/C16H24N4S/c1-12(14-10-19-20(5)11-14)18-9-13-6-7-17-15(8-13)21-16(2,3)4/h6-8,10-12,18H,9H2,1-5H3. The van der Waals surface area contributed by atoms with Gasteiger partial charge < -0.3 is 5.32 Å². The van der Waals surface area contributed by atoms with Crippen molar-refractivity contribution in [3.05, 3.63) is 41.9 Å². The molecule has 2 rings (SSSR count). The summed E-state index contributed by atoms with van der Waals surface area (Å²) in [6, 6.07) is 4.51. The van der Waals surface area contributed by atoms with Crippen molar-refractivity contribution in [1.29, 1.82) is 0 Å². The second kappa shape index (κ2) is 6.62. The number of rotatable bonds is 5. The molecule has 114 valence electrons. The molecular weight excluding hydrogens is 280 g/mol. The van der Waals surface area contributed by atoms with Crippen LogP contribution in [0.5, 0.6) is 0 Å². The van der Waals surface area contributed by atoms with Crippen LogP contribution in [0.4, 0.5) is 0 Å². The van der Waals surface area contributed by atoms with Gasteiger partial charge in [0.1, 0.15) is 0 Å². The second-order valence-electron chi connectivity index (χ2n) is 6.27. The summed E-state index contributed by atoms with van der Waals surface area (Å²) in [6.07, 6.45) is 5.84. The predicted molar refractivity (Wildman–Crippen MR) is 88.3 cm³/mol. The Morgan fingerprint density at radius 3 is 2.76 bits per heavy atom. The predicted octanol–water partition coefficient (Wildman–Crippen LogP) is 3.56. The summed E-state index contributed by atoms with van der Waals surface area (Å²) in [5.74, 6) is 0. The molecule has 2 heterocycles. The molecular formula is C16H24N4S. The van der Waals surface area contributed by atoms with E-state index in [0.717, 1.165) is 11.6 Å². The first kappa shape index (κ1) is 16.0. The van der Waals surface area contributed by atoms with Crippen LogP contribution in [0.25, 0.3) is 0 Å².